The number of pyridine rings is 1. The summed E-state index contributed by atoms with van der Waals surface area (Å²) >= 11 is 1.46. The molecule has 3 N–H and O–H groups in total. The van der Waals surface area contributed by atoms with E-state index >= 15 is 0 Å². The van der Waals surface area contributed by atoms with Crippen LogP contribution < -0.4 is 5.73 Å². The zero-order valence-electron chi connectivity index (χ0n) is 8.68. The van der Waals surface area contributed by atoms with Crippen molar-refractivity contribution < 1.29 is 9.90 Å². The van der Waals surface area contributed by atoms with Crippen LogP contribution in [-0.2, 0) is 4.79 Å². The van der Waals surface area contributed by atoms with E-state index in [9.17, 15) is 4.79 Å². The van der Waals surface area contributed by atoms with Crippen LogP contribution in [0.15, 0.2) is 23.4 Å². The van der Waals surface area contributed by atoms with E-state index in [0.717, 1.165) is 4.90 Å². The van der Waals surface area contributed by atoms with Gasteiger partial charge in [-0.25, -0.2) is 0 Å². The highest BCUT2D eigenvalue weighted by Gasteiger charge is 2.20. The average molecular weight is 226 g/mol. The lowest BCUT2D eigenvalue weighted by Crippen LogP contribution is -2.20. The standard InChI is InChI=1S/C10H14N2O2S/c1-6(10(13)14)7(2)15-9-3-4-12-5-8(9)11/h3-7H,11H2,1-2H3,(H,13,14). The molecule has 2 atom stereocenters. The number of anilines is 1. The number of nitrogen functional groups attached to an aromatic ring is 1. The Bertz CT molecular complexity index is 357. The van der Waals surface area contributed by atoms with Gasteiger partial charge >= 0.3 is 5.97 Å². The Morgan fingerprint density at radius 1 is 1.60 bits per heavy atom. The summed E-state index contributed by atoms with van der Waals surface area (Å²) in [5.74, 6) is -1.19. The zero-order chi connectivity index (χ0) is 11.4. The van der Waals surface area contributed by atoms with Gasteiger partial charge in [0.25, 0.3) is 0 Å². The van der Waals surface area contributed by atoms with Crippen LogP contribution in [0.1, 0.15) is 13.8 Å². The lowest BCUT2D eigenvalue weighted by atomic mass is 10.1. The van der Waals surface area contributed by atoms with Crippen LogP contribution in [0.2, 0.25) is 0 Å². The number of carbonyl (C=O) groups is 1. The second-order valence-corrected chi connectivity index (χ2v) is 4.78. The number of rotatable bonds is 4. The Morgan fingerprint density at radius 2 is 2.27 bits per heavy atom. The third-order valence-corrected chi connectivity index (χ3v) is 3.62. The highest BCUT2D eigenvalue weighted by atomic mass is 32.2. The summed E-state index contributed by atoms with van der Waals surface area (Å²) in [6.45, 7) is 3.57. The quantitative estimate of drug-likeness (QED) is 0.766. The molecule has 2 unspecified atom stereocenters. The first-order chi connectivity index (χ1) is 7.02. The van der Waals surface area contributed by atoms with E-state index < -0.39 is 11.9 Å². The number of aromatic nitrogens is 1. The first-order valence-corrected chi connectivity index (χ1v) is 5.49. The zero-order valence-corrected chi connectivity index (χ0v) is 9.49. The molecular formula is C10H14N2O2S. The lowest BCUT2D eigenvalue weighted by Gasteiger charge is -2.16. The molecule has 5 heteroatoms. The fraction of sp³-hybridized carbons (Fsp3) is 0.400. The molecule has 1 aromatic heterocycles. The van der Waals surface area contributed by atoms with Gasteiger partial charge in [-0.2, -0.15) is 0 Å². The Labute approximate surface area is 92.9 Å². The van der Waals surface area contributed by atoms with E-state index in [0.29, 0.717) is 5.69 Å². The first-order valence-electron chi connectivity index (χ1n) is 4.61. The summed E-state index contributed by atoms with van der Waals surface area (Å²) < 4.78 is 0. The van der Waals surface area contributed by atoms with Crippen molar-refractivity contribution in [3.8, 4) is 0 Å². The van der Waals surface area contributed by atoms with Crippen LogP contribution in [0.5, 0.6) is 0 Å². The molecule has 0 spiro atoms. The molecule has 0 aliphatic rings. The van der Waals surface area contributed by atoms with E-state index in [4.69, 9.17) is 10.8 Å². The number of thioether (sulfide) groups is 1. The van der Waals surface area contributed by atoms with Crippen molar-refractivity contribution in [3.05, 3.63) is 18.5 Å². The molecule has 0 aliphatic carbocycles. The third-order valence-electron chi connectivity index (χ3n) is 2.22. The number of hydrogen-bond acceptors (Lipinski definition) is 4. The van der Waals surface area contributed by atoms with Gasteiger partial charge < -0.3 is 10.8 Å². The molecular weight excluding hydrogens is 212 g/mol. The number of nitrogens with zero attached hydrogens (tertiary/aromatic N) is 1. The van der Waals surface area contributed by atoms with E-state index in [1.54, 1.807) is 25.4 Å². The predicted molar refractivity (Wildman–Crippen MR) is 60.8 cm³/mol. The highest BCUT2D eigenvalue weighted by molar-refractivity contribution is 8.00. The average Bonchev–Trinajstić information content (AvgIpc) is 2.20. The fourth-order valence-electron chi connectivity index (χ4n) is 1.00. The summed E-state index contributed by atoms with van der Waals surface area (Å²) in [5.41, 5.74) is 6.30. The monoisotopic (exact) mass is 226 g/mol. The summed E-state index contributed by atoms with van der Waals surface area (Å²) in [6, 6.07) is 1.80. The Balaban J connectivity index is 2.70. The van der Waals surface area contributed by atoms with Crippen molar-refractivity contribution in [2.24, 2.45) is 5.92 Å². The molecule has 82 valence electrons. The second-order valence-electron chi connectivity index (χ2n) is 3.36. The van der Waals surface area contributed by atoms with E-state index in [1.165, 1.54) is 11.8 Å². The van der Waals surface area contributed by atoms with Gasteiger partial charge in [-0.05, 0) is 6.07 Å². The Hall–Kier alpha value is -1.23. The second kappa shape index (κ2) is 5.02. The lowest BCUT2D eigenvalue weighted by molar-refractivity contribution is -0.140. The number of hydrogen-bond donors (Lipinski definition) is 2. The number of carboxylic acids is 1. The maximum Gasteiger partial charge on any atom is 0.307 e. The van der Waals surface area contributed by atoms with Gasteiger partial charge in [-0.3, -0.25) is 9.78 Å². The normalized spacial score (nSPS) is 14.5. The highest BCUT2D eigenvalue weighted by Crippen LogP contribution is 2.31. The van der Waals surface area contributed by atoms with Gasteiger partial charge in [0.05, 0.1) is 17.8 Å². The van der Waals surface area contributed by atoms with Crippen LogP contribution in [-0.4, -0.2) is 21.3 Å². The largest absolute Gasteiger partial charge is 0.481 e. The van der Waals surface area contributed by atoms with Crippen LogP contribution >= 0.6 is 11.8 Å². The molecule has 1 rings (SSSR count). The molecule has 1 heterocycles. The minimum atomic E-state index is -0.789. The van der Waals surface area contributed by atoms with Crippen molar-refractivity contribution in [1.82, 2.24) is 4.98 Å². The minimum Gasteiger partial charge on any atom is -0.481 e. The fourth-order valence-corrected chi connectivity index (χ4v) is 2.05. The van der Waals surface area contributed by atoms with Crippen molar-refractivity contribution in [1.29, 1.82) is 0 Å². The molecule has 0 amide bonds. The summed E-state index contributed by atoms with van der Waals surface area (Å²) in [6.07, 6.45) is 3.22. The van der Waals surface area contributed by atoms with Gasteiger partial charge in [-0.1, -0.05) is 13.8 Å². The molecule has 4 nitrogen and oxygen atoms in total. The number of aliphatic carboxylic acids is 1. The van der Waals surface area contributed by atoms with Crippen molar-refractivity contribution >= 4 is 23.4 Å². The van der Waals surface area contributed by atoms with E-state index in [2.05, 4.69) is 4.98 Å². The predicted octanol–water partition coefficient (Wildman–Crippen LogP) is 1.87. The molecule has 0 bridgehead atoms. The van der Waals surface area contributed by atoms with Crippen LogP contribution in [0, 0.1) is 5.92 Å². The number of nitrogens with two attached hydrogens (primary N) is 1. The van der Waals surface area contributed by atoms with Crippen LogP contribution in [0.4, 0.5) is 5.69 Å². The molecule has 0 fully saturated rings. The Kier molecular flexibility index (Phi) is 3.96. The van der Waals surface area contributed by atoms with Gasteiger partial charge in [0.15, 0.2) is 0 Å². The maximum absolute atomic E-state index is 10.8. The molecule has 0 aromatic carbocycles. The number of carboxylic acid groups (broad SMARTS) is 1. The van der Waals surface area contributed by atoms with Gasteiger partial charge in [0.2, 0.25) is 0 Å². The van der Waals surface area contributed by atoms with E-state index in [-0.39, 0.29) is 5.25 Å². The topological polar surface area (TPSA) is 76.2 Å². The molecule has 0 radical (unpaired) electrons. The maximum atomic E-state index is 10.8. The van der Waals surface area contributed by atoms with Crippen molar-refractivity contribution in [3.63, 3.8) is 0 Å². The van der Waals surface area contributed by atoms with Crippen molar-refractivity contribution in [2.75, 3.05) is 5.73 Å². The first kappa shape index (κ1) is 11.8. The van der Waals surface area contributed by atoms with Gasteiger partial charge in [-0.15, -0.1) is 11.8 Å². The summed E-state index contributed by atoms with van der Waals surface area (Å²) in [7, 11) is 0. The summed E-state index contributed by atoms with van der Waals surface area (Å²) in [4.78, 5) is 15.5. The summed E-state index contributed by atoms with van der Waals surface area (Å²) in [5, 5.41) is 8.82. The third kappa shape index (κ3) is 3.13. The van der Waals surface area contributed by atoms with Crippen molar-refractivity contribution in [2.45, 2.75) is 24.0 Å². The molecule has 0 saturated heterocycles. The minimum absolute atomic E-state index is 0.0211. The van der Waals surface area contributed by atoms with Gasteiger partial charge in [0.1, 0.15) is 0 Å². The Morgan fingerprint density at radius 3 is 2.80 bits per heavy atom. The van der Waals surface area contributed by atoms with Gasteiger partial charge in [0, 0.05) is 16.3 Å². The smallest absolute Gasteiger partial charge is 0.307 e. The van der Waals surface area contributed by atoms with E-state index in [1.807, 2.05) is 6.92 Å². The molecule has 0 aliphatic heterocycles. The molecule has 15 heavy (non-hydrogen) atoms. The molecule has 1 aromatic rings. The molecule has 0 saturated carbocycles. The SMILES string of the molecule is CC(Sc1ccncc1N)C(C)C(=O)O. The van der Waals surface area contributed by atoms with Crippen LogP contribution in [0.25, 0.3) is 0 Å². The van der Waals surface area contributed by atoms with Crippen LogP contribution in [0.3, 0.4) is 0 Å².